The highest BCUT2D eigenvalue weighted by molar-refractivity contribution is 7.89. The summed E-state index contributed by atoms with van der Waals surface area (Å²) >= 11 is 0. The Bertz CT molecular complexity index is 1220. The quantitative estimate of drug-likeness (QED) is 0.539. The summed E-state index contributed by atoms with van der Waals surface area (Å²) in [5.74, 6) is 0.233. The van der Waals surface area contributed by atoms with Crippen LogP contribution in [0.4, 0.5) is 0 Å². The number of likely N-dealkylation sites (N-methyl/N-ethyl adjacent to an activating group) is 1. The van der Waals surface area contributed by atoms with Crippen molar-refractivity contribution in [3.8, 4) is 16.9 Å². The third-order valence-corrected chi connectivity index (χ3v) is 8.46. The molecule has 0 saturated heterocycles. The zero-order valence-electron chi connectivity index (χ0n) is 20.4. The lowest BCUT2D eigenvalue weighted by atomic mass is 10.0. The summed E-state index contributed by atoms with van der Waals surface area (Å²) in [7, 11) is -1.84. The van der Waals surface area contributed by atoms with E-state index >= 15 is 0 Å². The van der Waals surface area contributed by atoms with Gasteiger partial charge in [-0.15, -0.1) is 0 Å². The third kappa shape index (κ3) is 5.73. The maximum Gasteiger partial charge on any atom is 0.247 e. The summed E-state index contributed by atoms with van der Waals surface area (Å²) in [6, 6.07) is 18.5. The molecule has 1 aliphatic heterocycles. The molecule has 1 aromatic heterocycles. The molecule has 0 saturated carbocycles. The zero-order chi connectivity index (χ0) is 25.0. The van der Waals surface area contributed by atoms with Crippen molar-refractivity contribution in [2.75, 3.05) is 26.7 Å². The minimum atomic E-state index is -3.86. The van der Waals surface area contributed by atoms with Crippen molar-refractivity contribution in [1.29, 1.82) is 0 Å². The van der Waals surface area contributed by atoms with E-state index in [4.69, 9.17) is 4.74 Å². The SMILES string of the molecule is C[C@H](CO)N1C[C@H](C)[C@@H](CN(C)Cc2cccnc2)Oc2cc(-c3ccccc3)ccc2S1(=O)=O. The molecule has 3 atom stereocenters. The number of aromatic nitrogens is 1. The second kappa shape index (κ2) is 10.9. The minimum Gasteiger partial charge on any atom is -0.487 e. The number of pyridine rings is 1. The van der Waals surface area contributed by atoms with E-state index in [-0.39, 0.29) is 30.1 Å². The van der Waals surface area contributed by atoms with Gasteiger partial charge in [0.05, 0.1) is 6.61 Å². The lowest BCUT2D eigenvalue weighted by Crippen LogP contribution is -2.49. The minimum absolute atomic E-state index is 0.108. The molecule has 7 nitrogen and oxygen atoms in total. The second-order valence-corrected chi connectivity index (χ2v) is 11.2. The topological polar surface area (TPSA) is 83.0 Å². The van der Waals surface area contributed by atoms with Gasteiger partial charge in [0, 0.05) is 44.0 Å². The maximum atomic E-state index is 13.7. The first-order chi connectivity index (χ1) is 16.8. The number of aliphatic hydroxyl groups excluding tert-OH is 1. The van der Waals surface area contributed by atoms with E-state index in [1.807, 2.05) is 74.8 Å². The normalized spacial score (nSPS) is 20.9. The van der Waals surface area contributed by atoms with Gasteiger partial charge < -0.3 is 9.84 Å². The third-order valence-electron chi connectivity index (χ3n) is 6.44. The van der Waals surface area contributed by atoms with Gasteiger partial charge in [-0.1, -0.05) is 49.4 Å². The summed E-state index contributed by atoms with van der Waals surface area (Å²) in [5, 5.41) is 9.83. The Labute approximate surface area is 208 Å². The summed E-state index contributed by atoms with van der Waals surface area (Å²) in [6.45, 7) is 5.04. The van der Waals surface area contributed by atoms with Gasteiger partial charge in [0.1, 0.15) is 16.7 Å². The van der Waals surface area contributed by atoms with Gasteiger partial charge >= 0.3 is 0 Å². The fourth-order valence-electron chi connectivity index (χ4n) is 4.43. The van der Waals surface area contributed by atoms with Crippen LogP contribution < -0.4 is 4.74 Å². The van der Waals surface area contributed by atoms with Gasteiger partial charge in [-0.3, -0.25) is 9.88 Å². The first-order valence-corrected chi connectivity index (χ1v) is 13.3. The molecule has 2 heterocycles. The zero-order valence-corrected chi connectivity index (χ0v) is 21.2. The smallest absolute Gasteiger partial charge is 0.247 e. The van der Waals surface area contributed by atoms with E-state index in [1.165, 1.54) is 4.31 Å². The predicted molar refractivity (Wildman–Crippen MR) is 136 cm³/mol. The Kier molecular flexibility index (Phi) is 7.86. The Balaban J connectivity index is 1.72. The van der Waals surface area contributed by atoms with Gasteiger partial charge in [0.25, 0.3) is 0 Å². The summed E-state index contributed by atoms with van der Waals surface area (Å²) < 4.78 is 35.2. The molecule has 8 heteroatoms. The molecule has 0 aliphatic carbocycles. The van der Waals surface area contributed by atoms with Crippen LogP contribution in [0.2, 0.25) is 0 Å². The van der Waals surface area contributed by atoms with Crippen LogP contribution in [-0.2, 0) is 16.6 Å². The number of ether oxygens (including phenoxy) is 1. The van der Waals surface area contributed by atoms with Crippen molar-refractivity contribution >= 4 is 10.0 Å². The Hall–Kier alpha value is -2.78. The Morgan fingerprint density at radius 1 is 1.14 bits per heavy atom. The molecule has 0 fully saturated rings. The van der Waals surface area contributed by atoms with E-state index < -0.39 is 16.1 Å². The Morgan fingerprint density at radius 2 is 1.91 bits per heavy atom. The number of benzene rings is 2. The number of rotatable bonds is 7. The molecule has 1 N–H and O–H groups in total. The highest BCUT2D eigenvalue weighted by Gasteiger charge is 2.38. The number of hydrogen-bond donors (Lipinski definition) is 1. The standard InChI is InChI=1S/C27H33N3O4S/c1-20-16-30(21(2)19-31)35(32,33)27-12-11-24(23-9-5-4-6-10-23)14-25(27)34-26(20)18-29(3)17-22-8-7-13-28-15-22/h4-15,20-21,26,31H,16-19H2,1-3H3/t20-,21+,26+/m0/s1. The number of hydrogen-bond acceptors (Lipinski definition) is 6. The van der Waals surface area contributed by atoms with E-state index in [2.05, 4.69) is 9.88 Å². The molecule has 2 aromatic carbocycles. The molecule has 186 valence electrons. The van der Waals surface area contributed by atoms with Crippen molar-refractivity contribution in [3.05, 3.63) is 78.6 Å². The van der Waals surface area contributed by atoms with Crippen molar-refractivity contribution in [1.82, 2.24) is 14.2 Å². The highest BCUT2D eigenvalue weighted by atomic mass is 32.2. The van der Waals surface area contributed by atoms with Crippen LogP contribution in [0.25, 0.3) is 11.1 Å². The van der Waals surface area contributed by atoms with Crippen LogP contribution in [0.3, 0.4) is 0 Å². The fraction of sp³-hybridized carbons (Fsp3) is 0.370. The molecular weight excluding hydrogens is 462 g/mol. The molecule has 0 spiro atoms. The van der Waals surface area contributed by atoms with E-state index in [0.717, 1.165) is 16.7 Å². The number of sulfonamides is 1. The van der Waals surface area contributed by atoms with Crippen LogP contribution in [-0.4, -0.2) is 66.6 Å². The monoisotopic (exact) mass is 495 g/mol. The van der Waals surface area contributed by atoms with Gasteiger partial charge in [0.2, 0.25) is 10.0 Å². The summed E-state index contributed by atoms with van der Waals surface area (Å²) in [6.07, 6.45) is 3.34. The largest absolute Gasteiger partial charge is 0.487 e. The van der Waals surface area contributed by atoms with Crippen molar-refractivity contribution in [3.63, 3.8) is 0 Å². The van der Waals surface area contributed by atoms with E-state index in [1.54, 1.807) is 19.2 Å². The predicted octanol–water partition coefficient (Wildman–Crippen LogP) is 3.65. The van der Waals surface area contributed by atoms with Gasteiger partial charge in [-0.05, 0) is 48.9 Å². The summed E-state index contributed by atoms with van der Waals surface area (Å²) in [4.78, 5) is 6.49. The molecule has 1 aliphatic rings. The first-order valence-electron chi connectivity index (χ1n) is 11.9. The van der Waals surface area contributed by atoms with Crippen LogP contribution >= 0.6 is 0 Å². The molecular formula is C27H33N3O4S. The van der Waals surface area contributed by atoms with Crippen LogP contribution in [0.1, 0.15) is 19.4 Å². The van der Waals surface area contributed by atoms with Gasteiger partial charge in [-0.25, -0.2) is 8.42 Å². The van der Waals surface area contributed by atoms with Crippen molar-refractivity contribution in [2.45, 2.75) is 37.4 Å². The van der Waals surface area contributed by atoms with Crippen LogP contribution in [0.15, 0.2) is 78.0 Å². The maximum absolute atomic E-state index is 13.7. The van der Waals surface area contributed by atoms with Gasteiger partial charge in [-0.2, -0.15) is 4.31 Å². The highest BCUT2D eigenvalue weighted by Crippen LogP contribution is 2.36. The molecule has 0 unspecified atom stereocenters. The lowest BCUT2D eigenvalue weighted by Gasteiger charge is -2.37. The van der Waals surface area contributed by atoms with Crippen molar-refractivity contribution in [2.24, 2.45) is 5.92 Å². The number of aliphatic hydroxyl groups is 1. The van der Waals surface area contributed by atoms with E-state index in [0.29, 0.717) is 18.8 Å². The summed E-state index contributed by atoms with van der Waals surface area (Å²) in [5.41, 5.74) is 2.97. The number of fused-ring (bicyclic) bond motifs is 1. The molecule has 4 rings (SSSR count). The lowest BCUT2D eigenvalue weighted by molar-refractivity contribution is 0.0734. The van der Waals surface area contributed by atoms with Gasteiger partial charge in [0.15, 0.2) is 0 Å². The first kappa shape index (κ1) is 25.3. The molecule has 0 amide bonds. The Morgan fingerprint density at radius 3 is 2.60 bits per heavy atom. The second-order valence-electron chi connectivity index (χ2n) is 9.33. The van der Waals surface area contributed by atoms with E-state index in [9.17, 15) is 13.5 Å². The average molecular weight is 496 g/mol. The van der Waals surface area contributed by atoms with Crippen molar-refractivity contribution < 1.29 is 18.3 Å². The van der Waals surface area contributed by atoms with Crippen LogP contribution in [0.5, 0.6) is 5.75 Å². The van der Waals surface area contributed by atoms with Crippen LogP contribution in [0, 0.1) is 5.92 Å². The number of nitrogens with zero attached hydrogens (tertiary/aromatic N) is 3. The molecule has 35 heavy (non-hydrogen) atoms. The molecule has 0 bridgehead atoms. The fourth-order valence-corrected chi connectivity index (χ4v) is 6.25. The molecule has 3 aromatic rings. The molecule has 0 radical (unpaired) electrons. The average Bonchev–Trinajstić information content (AvgIpc) is 2.86.